The number of benzene rings is 1. The van der Waals surface area contributed by atoms with Gasteiger partial charge in [0.25, 0.3) is 0 Å². The molecule has 108 valence electrons. The maximum atomic E-state index is 5.95. The van der Waals surface area contributed by atoms with Gasteiger partial charge in [0, 0.05) is 29.7 Å². The van der Waals surface area contributed by atoms with Gasteiger partial charge in [-0.15, -0.1) is 0 Å². The van der Waals surface area contributed by atoms with E-state index < -0.39 is 0 Å². The third-order valence-corrected chi connectivity index (χ3v) is 4.85. The van der Waals surface area contributed by atoms with Crippen LogP contribution in [0.5, 0.6) is 0 Å². The number of hydrogen-bond donors (Lipinski definition) is 2. The first-order chi connectivity index (χ1) is 9.83. The molecule has 1 aromatic heterocycles. The van der Waals surface area contributed by atoms with E-state index in [0.717, 1.165) is 19.6 Å². The zero-order valence-corrected chi connectivity index (χ0v) is 12.3. The van der Waals surface area contributed by atoms with Crippen molar-refractivity contribution in [2.75, 3.05) is 13.1 Å². The first-order valence-electron chi connectivity index (χ1n) is 7.82. The standard InChI is InChI=1S/C17H25N3/c1-2-20(17-9-5-6-13(17)10-18)12-14-11-19-16-8-4-3-7-15(14)16/h3-4,7-8,11,13,17,19H,2,5-6,9-10,12,18H2,1H3. The van der Waals surface area contributed by atoms with Crippen molar-refractivity contribution in [3.63, 3.8) is 0 Å². The summed E-state index contributed by atoms with van der Waals surface area (Å²) in [6.45, 7) is 5.22. The molecule has 3 rings (SSSR count). The van der Waals surface area contributed by atoms with E-state index in [2.05, 4.69) is 47.3 Å². The molecule has 20 heavy (non-hydrogen) atoms. The van der Waals surface area contributed by atoms with E-state index in [0.29, 0.717) is 12.0 Å². The average Bonchev–Trinajstić information content (AvgIpc) is 3.11. The van der Waals surface area contributed by atoms with Crippen LogP contribution in [0.15, 0.2) is 30.5 Å². The van der Waals surface area contributed by atoms with Gasteiger partial charge in [-0.25, -0.2) is 0 Å². The molecular weight excluding hydrogens is 246 g/mol. The highest BCUT2D eigenvalue weighted by molar-refractivity contribution is 5.82. The second-order valence-electron chi connectivity index (χ2n) is 5.92. The van der Waals surface area contributed by atoms with Gasteiger partial charge in [0.15, 0.2) is 0 Å². The Hall–Kier alpha value is -1.32. The fourth-order valence-electron chi connectivity index (χ4n) is 3.72. The number of fused-ring (bicyclic) bond motifs is 1. The lowest BCUT2D eigenvalue weighted by atomic mass is 10.0. The highest BCUT2D eigenvalue weighted by atomic mass is 15.2. The molecular formula is C17H25N3. The molecule has 1 aliphatic carbocycles. The van der Waals surface area contributed by atoms with Gasteiger partial charge < -0.3 is 10.7 Å². The number of hydrogen-bond acceptors (Lipinski definition) is 2. The van der Waals surface area contributed by atoms with Gasteiger partial charge in [0.1, 0.15) is 0 Å². The minimum atomic E-state index is 0.665. The molecule has 1 saturated carbocycles. The van der Waals surface area contributed by atoms with Crippen LogP contribution in [0.25, 0.3) is 10.9 Å². The highest BCUT2D eigenvalue weighted by Crippen LogP contribution is 2.31. The summed E-state index contributed by atoms with van der Waals surface area (Å²) in [7, 11) is 0. The SMILES string of the molecule is CCN(Cc1c[nH]c2ccccc12)C1CCCC1CN. The molecule has 0 radical (unpaired) electrons. The van der Waals surface area contributed by atoms with Crippen LogP contribution in [-0.4, -0.2) is 29.0 Å². The first kappa shape index (κ1) is 13.7. The second-order valence-corrected chi connectivity index (χ2v) is 5.92. The minimum Gasteiger partial charge on any atom is -0.361 e. The second kappa shape index (κ2) is 5.98. The Morgan fingerprint density at radius 1 is 1.30 bits per heavy atom. The summed E-state index contributed by atoms with van der Waals surface area (Å²) in [5, 5.41) is 1.35. The molecule has 2 atom stereocenters. The summed E-state index contributed by atoms with van der Waals surface area (Å²) in [5.41, 5.74) is 8.59. The number of nitrogens with zero attached hydrogens (tertiary/aromatic N) is 1. The fourth-order valence-corrected chi connectivity index (χ4v) is 3.72. The summed E-state index contributed by atoms with van der Waals surface area (Å²) < 4.78 is 0. The predicted molar refractivity (Wildman–Crippen MR) is 84.6 cm³/mol. The molecule has 1 fully saturated rings. The van der Waals surface area contributed by atoms with E-state index in [1.54, 1.807) is 0 Å². The van der Waals surface area contributed by atoms with Gasteiger partial charge in [0.05, 0.1) is 0 Å². The molecule has 3 N–H and O–H groups in total. The topological polar surface area (TPSA) is 45.0 Å². The van der Waals surface area contributed by atoms with Crippen LogP contribution < -0.4 is 5.73 Å². The molecule has 0 spiro atoms. The number of H-pyrrole nitrogens is 1. The third kappa shape index (κ3) is 2.48. The summed E-state index contributed by atoms with van der Waals surface area (Å²) in [6.07, 6.45) is 6.10. The van der Waals surface area contributed by atoms with Gasteiger partial charge in [-0.05, 0) is 43.5 Å². The van der Waals surface area contributed by atoms with Crippen molar-refractivity contribution in [2.45, 2.75) is 38.8 Å². The summed E-state index contributed by atoms with van der Waals surface area (Å²) >= 11 is 0. The molecule has 0 amide bonds. The Bertz CT molecular complexity index is 560. The van der Waals surface area contributed by atoms with Gasteiger partial charge in [0.2, 0.25) is 0 Å². The normalized spacial score (nSPS) is 22.9. The lowest BCUT2D eigenvalue weighted by molar-refractivity contribution is 0.163. The number of aromatic nitrogens is 1. The van der Waals surface area contributed by atoms with Crippen molar-refractivity contribution in [3.8, 4) is 0 Å². The zero-order valence-electron chi connectivity index (χ0n) is 12.3. The lowest BCUT2D eigenvalue weighted by Crippen LogP contribution is -2.39. The smallest absolute Gasteiger partial charge is 0.0457 e. The number of rotatable bonds is 5. The van der Waals surface area contributed by atoms with E-state index >= 15 is 0 Å². The Morgan fingerprint density at radius 2 is 2.15 bits per heavy atom. The molecule has 0 saturated heterocycles. The number of nitrogens with two attached hydrogens (primary N) is 1. The summed E-state index contributed by atoms with van der Waals surface area (Å²) in [4.78, 5) is 5.99. The van der Waals surface area contributed by atoms with Crippen LogP contribution in [0.1, 0.15) is 31.7 Å². The molecule has 3 nitrogen and oxygen atoms in total. The monoisotopic (exact) mass is 271 g/mol. The van der Waals surface area contributed by atoms with Crippen LogP contribution >= 0.6 is 0 Å². The van der Waals surface area contributed by atoms with E-state index in [4.69, 9.17) is 5.73 Å². The van der Waals surface area contributed by atoms with Crippen molar-refractivity contribution in [2.24, 2.45) is 11.7 Å². The quantitative estimate of drug-likeness (QED) is 0.877. The van der Waals surface area contributed by atoms with Crippen LogP contribution in [0.3, 0.4) is 0 Å². The highest BCUT2D eigenvalue weighted by Gasteiger charge is 2.30. The van der Waals surface area contributed by atoms with Crippen LogP contribution in [0.4, 0.5) is 0 Å². The Balaban J connectivity index is 1.81. The first-order valence-corrected chi connectivity index (χ1v) is 7.82. The van der Waals surface area contributed by atoms with Crippen molar-refractivity contribution in [1.82, 2.24) is 9.88 Å². The molecule has 3 heteroatoms. The Kier molecular flexibility index (Phi) is 4.08. The van der Waals surface area contributed by atoms with Crippen molar-refractivity contribution in [3.05, 3.63) is 36.0 Å². The summed E-state index contributed by atoms with van der Waals surface area (Å²) in [5.74, 6) is 0.681. The van der Waals surface area contributed by atoms with Crippen molar-refractivity contribution >= 4 is 10.9 Å². The summed E-state index contributed by atoms with van der Waals surface area (Å²) in [6, 6.07) is 9.23. The van der Waals surface area contributed by atoms with E-state index in [9.17, 15) is 0 Å². The van der Waals surface area contributed by atoms with E-state index in [1.165, 1.54) is 35.7 Å². The number of aromatic amines is 1. The molecule has 2 aromatic rings. The molecule has 1 aromatic carbocycles. The van der Waals surface area contributed by atoms with Crippen molar-refractivity contribution in [1.29, 1.82) is 0 Å². The van der Waals surface area contributed by atoms with Gasteiger partial charge in [-0.1, -0.05) is 31.5 Å². The predicted octanol–water partition coefficient (Wildman–Crippen LogP) is 3.12. The van der Waals surface area contributed by atoms with Gasteiger partial charge >= 0.3 is 0 Å². The van der Waals surface area contributed by atoms with E-state index in [1.807, 2.05) is 0 Å². The Labute approximate surface area is 121 Å². The maximum Gasteiger partial charge on any atom is 0.0457 e. The molecule has 1 aliphatic rings. The van der Waals surface area contributed by atoms with Crippen LogP contribution in [0, 0.1) is 5.92 Å². The average molecular weight is 271 g/mol. The Morgan fingerprint density at radius 3 is 2.95 bits per heavy atom. The third-order valence-electron chi connectivity index (χ3n) is 4.85. The minimum absolute atomic E-state index is 0.665. The molecule has 0 bridgehead atoms. The lowest BCUT2D eigenvalue weighted by Gasteiger charge is -2.31. The maximum absolute atomic E-state index is 5.95. The van der Waals surface area contributed by atoms with Gasteiger partial charge in [-0.3, -0.25) is 4.90 Å². The number of para-hydroxylation sites is 1. The fraction of sp³-hybridized carbons (Fsp3) is 0.529. The zero-order chi connectivity index (χ0) is 13.9. The molecule has 1 heterocycles. The van der Waals surface area contributed by atoms with Crippen molar-refractivity contribution < 1.29 is 0 Å². The molecule has 2 unspecified atom stereocenters. The van der Waals surface area contributed by atoms with Crippen LogP contribution in [0.2, 0.25) is 0 Å². The van der Waals surface area contributed by atoms with Crippen LogP contribution in [-0.2, 0) is 6.54 Å². The molecule has 0 aliphatic heterocycles. The van der Waals surface area contributed by atoms with Gasteiger partial charge in [-0.2, -0.15) is 0 Å². The number of nitrogens with one attached hydrogen (secondary N) is 1. The largest absolute Gasteiger partial charge is 0.361 e. The van der Waals surface area contributed by atoms with E-state index in [-0.39, 0.29) is 0 Å².